The van der Waals surface area contributed by atoms with Gasteiger partial charge in [-0.1, -0.05) is 36.4 Å². The average molecular weight is 433 g/mol. The summed E-state index contributed by atoms with van der Waals surface area (Å²) in [4.78, 5) is 33.9. The third-order valence-corrected chi connectivity index (χ3v) is 6.44. The number of hydrogen-bond donors (Lipinski definition) is 1. The first-order chi connectivity index (χ1) is 15.7. The minimum absolute atomic E-state index is 0.00343. The quantitative estimate of drug-likeness (QED) is 0.713. The highest BCUT2D eigenvalue weighted by molar-refractivity contribution is 5.92. The van der Waals surface area contributed by atoms with Gasteiger partial charge in [-0.15, -0.1) is 0 Å². The second-order valence-corrected chi connectivity index (χ2v) is 8.72. The molecule has 0 saturated carbocycles. The van der Waals surface area contributed by atoms with Gasteiger partial charge in [-0.05, 0) is 49.5 Å². The summed E-state index contributed by atoms with van der Waals surface area (Å²) in [5, 5.41) is 3.27. The molecule has 0 atom stereocenters. The molecule has 2 aliphatic rings. The van der Waals surface area contributed by atoms with Crippen molar-refractivity contribution >= 4 is 17.9 Å². The highest BCUT2D eigenvalue weighted by Gasteiger charge is 2.29. The van der Waals surface area contributed by atoms with Crippen molar-refractivity contribution < 1.29 is 9.59 Å². The smallest absolute Gasteiger partial charge is 0.246 e. The van der Waals surface area contributed by atoms with Crippen LogP contribution < -0.4 is 5.32 Å². The zero-order valence-electron chi connectivity index (χ0n) is 18.5. The predicted octanol–water partition coefficient (Wildman–Crippen LogP) is 3.11. The van der Waals surface area contributed by atoms with E-state index in [9.17, 15) is 9.59 Å². The topological polar surface area (TPSA) is 65.5 Å². The third kappa shape index (κ3) is 6.26. The van der Waals surface area contributed by atoms with Gasteiger partial charge in [0.2, 0.25) is 11.8 Å². The number of nitrogens with zero attached hydrogens (tertiary/aromatic N) is 3. The normalized spacial score (nSPS) is 18.7. The first-order valence-electron chi connectivity index (χ1n) is 11.6. The van der Waals surface area contributed by atoms with E-state index in [0.29, 0.717) is 13.1 Å². The van der Waals surface area contributed by atoms with E-state index in [2.05, 4.69) is 21.3 Å². The summed E-state index contributed by atoms with van der Waals surface area (Å²) in [6.07, 6.45) is 8.72. The number of nitrogens with one attached hydrogen (secondary N) is 1. The molecule has 1 aromatic heterocycles. The summed E-state index contributed by atoms with van der Waals surface area (Å²) in [6.45, 7) is 4.09. The molecule has 4 rings (SSSR count). The van der Waals surface area contributed by atoms with Crippen LogP contribution in [0.1, 0.15) is 36.9 Å². The van der Waals surface area contributed by atoms with E-state index in [0.717, 1.165) is 56.6 Å². The van der Waals surface area contributed by atoms with Crippen molar-refractivity contribution in [2.24, 2.45) is 5.92 Å². The van der Waals surface area contributed by atoms with Crippen molar-refractivity contribution in [2.75, 3.05) is 26.2 Å². The summed E-state index contributed by atoms with van der Waals surface area (Å²) in [5.74, 6) is 0.178. The SMILES string of the molecule is O=C(NC1CCN(Cc2ccccn2)CC1)C1CCN(C(=O)C=Cc2ccccc2)CC1. The molecular formula is C26H32N4O2. The van der Waals surface area contributed by atoms with Crippen LogP contribution in [-0.2, 0) is 16.1 Å². The fourth-order valence-corrected chi connectivity index (χ4v) is 4.47. The Kier molecular flexibility index (Phi) is 7.67. The number of benzene rings is 1. The largest absolute Gasteiger partial charge is 0.353 e. The van der Waals surface area contributed by atoms with E-state index in [-0.39, 0.29) is 23.8 Å². The van der Waals surface area contributed by atoms with Gasteiger partial charge in [0.15, 0.2) is 0 Å². The molecule has 2 aromatic rings. The molecule has 2 aliphatic heterocycles. The highest BCUT2D eigenvalue weighted by atomic mass is 16.2. The van der Waals surface area contributed by atoms with Gasteiger partial charge >= 0.3 is 0 Å². The molecule has 2 fully saturated rings. The van der Waals surface area contributed by atoms with E-state index in [1.807, 2.05) is 59.6 Å². The van der Waals surface area contributed by atoms with E-state index < -0.39 is 0 Å². The molecule has 0 spiro atoms. The monoisotopic (exact) mass is 432 g/mol. The van der Waals surface area contributed by atoms with Crippen LogP contribution >= 0.6 is 0 Å². The fourth-order valence-electron chi connectivity index (χ4n) is 4.47. The lowest BCUT2D eigenvalue weighted by Crippen LogP contribution is -2.48. The molecule has 0 aliphatic carbocycles. The molecule has 3 heterocycles. The number of piperidine rings is 2. The van der Waals surface area contributed by atoms with Crippen LogP contribution in [0.3, 0.4) is 0 Å². The molecule has 6 nitrogen and oxygen atoms in total. The second-order valence-electron chi connectivity index (χ2n) is 8.72. The maximum Gasteiger partial charge on any atom is 0.246 e. The molecule has 6 heteroatoms. The Bertz CT molecular complexity index is 900. The first kappa shape index (κ1) is 22.2. The molecule has 1 N–H and O–H groups in total. The zero-order valence-corrected chi connectivity index (χ0v) is 18.5. The summed E-state index contributed by atoms with van der Waals surface area (Å²) < 4.78 is 0. The molecule has 168 valence electrons. The number of amides is 2. The van der Waals surface area contributed by atoms with Crippen LogP contribution in [0.2, 0.25) is 0 Å². The van der Waals surface area contributed by atoms with Crippen LogP contribution in [0.15, 0.2) is 60.8 Å². The second kappa shape index (κ2) is 11.0. The predicted molar refractivity (Wildman–Crippen MR) is 125 cm³/mol. The Labute approximate surface area is 190 Å². The number of pyridine rings is 1. The maximum atomic E-state index is 12.8. The Morgan fingerprint density at radius 1 is 0.938 bits per heavy atom. The van der Waals surface area contributed by atoms with Crippen LogP contribution in [0.4, 0.5) is 0 Å². The summed E-state index contributed by atoms with van der Waals surface area (Å²) in [7, 11) is 0. The molecular weight excluding hydrogens is 400 g/mol. The lowest BCUT2D eigenvalue weighted by Gasteiger charge is -2.34. The van der Waals surface area contributed by atoms with Gasteiger partial charge < -0.3 is 10.2 Å². The average Bonchev–Trinajstić information content (AvgIpc) is 2.85. The summed E-state index contributed by atoms with van der Waals surface area (Å²) >= 11 is 0. The van der Waals surface area contributed by atoms with Gasteiger partial charge in [0.1, 0.15) is 0 Å². The Morgan fingerprint density at radius 3 is 2.34 bits per heavy atom. The molecule has 32 heavy (non-hydrogen) atoms. The van der Waals surface area contributed by atoms with E-state index in [1.165, 1.54) is 0 Å². The lowest BCUT2D eigenvalue weighted by atomic mass is 9.94. The van der Waals surface area contributed by atoms with Gasteiger partial charge in [0.05, 0.1) is 5.69 Å². The molecule has 2 amide bonds. The maximum absolute atomic E-state index is 12.8. The number of hydrogen-bond acceptors (Lipinski definition) is 4. The third-order valence-electron chi connectivity index (χ3n) is 6.44. The number of rotatable bonds is 6. The minimum Gasteiger partial charge on any atom is -0.353 e. The highest BCUT2D eigenvalue weighted by Crippen LogP contribution is 2.20. The standard InChI is InChI=1S/C26H32N4O2/c31-25(10-9-21-6-2-1-3-7-21)30-18-11-22(12-19-30)26(32)28-23-13-16-29(17-14-23)20-24-8-4-5-15-27-24/h1-10,15,22-23H,11-14,16-20H2,(H,28,32). The Morgan fingerprint density at radius 2 is 1.66 bits per heavy atom. The Hall–Kier alpha value is -2.99. The van der Waals surface area contributed by atoms with Gasteiger partial charge in [0.25, 0.3) is 0 Å². The van der Waals surface area contributed by atoms with E-state index >= 15 is 0 Å². The van der Waals surface area contributed by atoms with Crippen LogP contribution in [0, 0.1) is 5.92 Å². The van der Waals surface area contributed by atoms with Crippen molar-refractivity contribution in [3.63, 3.8) is 0 Å². The van der Waals surface area contributed by atoms with Crippen molar-refractivity contribution in [3.05, 3.63) is 72.1 Å². The number of carbonyl (C=O) groups is 2. The molecule has 0 unspecified atom stereocenters. The van der Waals surface area contributed by atoms with Gasteiger partial charge in [0, 0.05) is 57.0 Å². The molecule has 1 aromatic carbocycles. The van der Waals surface area contributed by atoms with Crippen LogP contribution in [0.25, 0.3) is 6.08 Å². The number of likely N-dealkylation sites (tertiary alicyclic amines) is 2. The lowest BCUT2D eigenvalue weighted by molar-refractivity contribution is -0.132. The summed E-state index contributed by atoms with van der Waals surface area (Å²) in [5.41, 5.74) is 2.11. The van der Waals surface area contributed by atoms with Crippen molar-refractivity contribution in [1.82, 2.24) is 20.1 Å². The van der Waals surface area contributed by atoms with E-state index in [1.54, 1.807) is 6.08 Å². The van der Waals surface area contributed by atoms with Gasteiger partial charge in [-0.2, -0.15) is 0 Å². The molecule has 2 saturated heterocycles. The van der Waals surface area contributed by atoms with Gasteiger partial charge in [-0.3, -0.25) is 19.5 Å². The first-order valence-corrected chi connectivity index (χ1v) is 11.6. The summed E-state index contributed by atoms with van der Waals surface area (Å²) in [6, 6.07) is 16.1. The minimum atomic E-state index is 0.00343. The van der Waals surface area contributed by atoms with Crippen molar-refractivity contribution in [3.8, 4) is 0 Å². The van der Waals surface area contributed by atoms with Crippen LogP contribution in [0.5, 0.6) is 0 Å². The van der Waals surface area contributed by atoms with Crippen molar-refractivity contribution in [2.45, 2.75) is 38.3 Å². The van der Waals surface area contributed by atoms with Gasteiger partial charge in [-0.25, -0.2) is 0 Å². The zero-order chi connectivity index (χ0) is 22.2. The fraction of sp³-hybridized carbons (Fsp3) is 0.423. The van der Waals surface area contributed by atoms with E-state index in [4.69, 9.17) is 0 Å². The Balaban J connectivity index is 1.16. The molecule has 0 radical (unpaired) electrons. The van der Waals surface area contributed by atoms with Crippen molar-refractivity contribution in [1.29, 1.82) is 0 Å². The molecule has 0 bridgehead atoms. The van der Waals surface area contributed by atoms with Crippen LogP contribution in [-0.4, -0.2) is 58.8 Å². The number of aromatic nitrogens is 1. The number of carbonyl (C=O) groups excluding carboxylic acids is 2.